The van der Waals surface area contributed by atoms with Crippen LogP contribution < -0.4 is 4.74 Å². The van der Waals surface area contributed by atoms with E-state index in [0.29, 0.717) is 0 Å². The molecular formula is C14H21NO2. The Kier molecular flexibility index (Phi) is 4.40. The van der Waals surface area contributed by atoms with E-state index in [0.717, 1.165) is 38.1 Å². The molecule has 94 valence electrons. The molecule has 3 nitrogen and oxygen atoms in total. The van der Waals surface area contributed by atoms with Crippen molar-refractivity contribution in [2.24, 2.45) is 0 Å². The first-order chi connectivity index (χ1) is 8.29. The van der Waals surface area contributed by atoms with Gasteiger partial charge in [0.2, 0.25) is 0 Å². The first-order valence-electron chi connectivity index (χ1n) is 6.34. The highest BCUT2D eigenvalue weighted by atomic mass is 16.5. The van der Waals surface area contributed by atoms with Crippen molar-refractivity contribution in [1.29, 1.82) is 0 Å². The van der Waals surface area contributed by atoms with Gasteiger partial charge in [-0.1, -0.05) is 12.1 Å². The van der Waals surface area contributed by atoms with Crippen LogP contribution in [0.15, 0.2) is 24.3 Å². The van der Waals surface area contributed by atoms with Crippen molar-refractivity contribution in [2.75, 3.05) is 20.2 Å². The number of aliphatic hydroxyl groups is 1. The van der Waals surface area contributed by atoms with Crippen molar-refractivity contribution in [3.63, 3.8) is 0 Å². The van der Waals surface area contributed by atoms with Crippen molar-refractivity contribution in [2.45, 2.75) is 31.9 Å². The molecule has 1 aromatic rings. The van der Waals surface area contributed by atoms with Gasteiger partial charge in [0.1, 0.15) is 12.0 Å². The Morgan fingerprint density at radius 2 is 2.29 bits per heavy atom. The summed E-state index contributed by atoms with van der Waals surface area (Å²) in [5.74, 6) is 0.904. The van der Waals surface area contributed by atoms with Crippen molar-refractivity contribution in [3.05, 3.63) is 29.8 Å². The fourth-order valence-corrected chi connectivity index (χ4v) is 2.33. The zero-order valence-electron chi connectivity index (χ0n) is 10.4. The Labute approximate surface area is 103 Å². The highest BCUT2D eigenvalue weighted by Gasteiger charge is 2.18. The van der Waals surface area contributed by atoms with Gasteiger partial charge in [-0.2, -0.15) is 0 Å². The highest BCUT2D eigenvalue weighted by Crippen LogP contribution is 2.17. The maximum Gasteiger partial charge on any atom is 0.119 e. The van der Waals surface area contributed by atoms with Crippen molar-refractivity contribution >= 4 is 0 Å². The number of methoxy groups -OCH3 is 1. The number of hydrogen-bond acceptors (Lipinski definition) is 3. The van der Waals surface area contributed by atoms with E-state index in [2.05, 4.69) is 17.0 Å². The molecule has 1 saturated heterocycles. The van der Waals surface area contributed by atoms with Gasteiger partial charge in [0.15, 0.2) is 0 Å². The lowest BCUT2D eigenvalue weighted by molar-refractivity contribution is -0.0227. The Morgan fingerprint density at radius 3 is 3.06 bits per heavy atom. The van der Waals surface area contributed by atoms with Gasteiger partial charge in [-0.15, -0.1) is 0 Å². The molecule has 0 bridgehead atoms. The Hall–Kier alpha value is -1.06. The van der Waals surface area contributed by atoms with Crippen LogP contribution in [0.1, 0.15) is 24.8 Å². The summed E-state index contributed by atoms with van der Waals surface area (Å²) in [6.07, 6.45) is 3.99. The van der Waals surface area contributed by atoms with Gasteiger partial charge in [-0.05, 0) is 43.4 Å². The Balaban J connectivity index is 1.88. The molecule has 1 N–H and O–H groups in total. The van der Waals surface area contributed by atoms with Gasteiger partial charge in [-0.3, -0.25) is 4.90 Å². The van der Waals surface area contributed by atoms with Crippen molar-refractivity contribution in [1.82, 2.24) is 4.90 Å². The second kappa shape index (κ2) is 6.03. The summed E-state index contributed by atoms with van der Waals surface area (Å²) < 4.78 is 5.20. The zero-order valence-corrected chi connectivity index (χ0v) is 10.4. The molecular weight excluding hydrogens is 214 g/mol. The summed E-state index contributed by atoms with van der Waals surface area (Å²) in [4.78, 5) is 2.17. The molecule has 1 atom stereocenters. The molecule has 17 heavy (non-hydrogen) atoms. The van der Waals surface area contributed by atoms with Gasteiger partial charge in [0.25, 0.3) is 0 Å². The average molecular weight is 235 g/mol. The lowest BCUT2D eigenvalue weighted by Gasteiger charge is -2.31. The third-order valence-electron chi connectivity index (χ3n) is 3.40. The second-order valence-corrected chi connectivity index (χ2v) is 4.61. The van der Waals surface area contributed by atoms with Crippen LogP contribution in [-0.2, 0) is 6.42 Å². The standard InChI is InChI=1S/C14H21NO2/c1-17-13-6-4-5-12(11-13)8-10-15-9-3-2-7-14(15)16/h4-6,11,14,16H,2-3,7-10H2,1H3. The summed E-state index contributed by atoms with van der Waals surface area (Å²) in [6.45, 7) is 1.94. The quantitative estimate of drug-likeness (QED) is 0.867. The molecule has 1 heterocycles. The van der Waals surface area contributed by atoms with Gasteiger partial charge in [0, 0.05) is 13.1 Å². The molecule has 2 rings (SSSR count). The topological polar surface area (TPSA) is 32.7 Å². The van der Waals surface area contributed by atoms with E-state index in [-0.39, 0.29) is 6.23 Å². The van der Waals surface area contributed by atoms with Crippen molar-refractivity contribution in [3.8, 4) is 5.75 Å². The van der Waals surface area contributed by atoms with E-state index in [4.69, 9.17) is 4.74 Å². The molecule has 1 aliphatic rings. The van der Waals surface area contributed by atoms with Crippen LogP contribution in [0.25, 0.3) is 0 Å². The maximum absolute atomic E-state index is 9.85. The SMILES string of the molecule is COc1cccc(CCN2CCCCC2O)c1. The lowest BCUT2D eigenvalue weighted by Crippen LogP contribution is -2.40. The van der Waals surface area contributed by atoms with E-state index in [9.17, 15) is 5.11 Å². The van der Waals surface area contributed by atoms with Crippen molar-refractivity contribution < 1.29 is 9.84 Å². The minimum atomic E-state index is -0.241. The molecule has 0 amide bonds. The number of ether oxygens (including phenoxy) is 1. The minimum absolute atomic E-state index is 0.241. The molecule has 0 radical (unpaired) electrons. The Morgan fingerprint density at radius 1 is 1.41 bits per heavy atom. The molecule has 0 aliphatic carbocycles. The van der Waals surface area contributed by atoms with E-state index in [1.54, 1.807) is 7.11 Å². The molecule has 1 fully saturated rings. The van der Waals surface area contributed by atoms with E-state index < -0.39 is 0 Å². The van der Waals surface area contributed by atoms with Gasteiger partial charge in [-0.25, -0.2) is 0 Å². The van der Waals surface area contributed by atoms with Gasteiger partial charge < -0.3 is 9.84 Å². The number of rotatable bonds is 4. The smallest absolute Gasteiger partial charge is 0.119 e. The van der Waals surface area contributed by atoms with E-state index in [1.807, 2.05) is 12.1 Å². The molecule has 0 spiro atoms. The van der Waals surface area contributed by atoms with Crippen LogP contribution >= 0.6 is 0 Å². The monoisotopic (exact) mass is 235 g/mol. The summed E-state index contributed by atoms with van der Waals surface area (Å²) in [5.41, 5.74) is 1.27. The summed E-state index contributed by atoms with van der Waals surface area (Å²) in [7, 11) is 1.69. The fourth-order valence-electron chi connectivity index (χ4n) is 2.33. The lowest BCUT2D eigenvalue weighted by atomic mass is 10.1. The zero-order chi connectivity index (χ0) is 12.1. The number of piperidine rings is 1. The molecule has 1 aromatic carbocycles. The number of hydrogen-bond donors (Lipinski definition) is 1. The van der Waals surface area contributed by atoms with Crippen LogP contribution in [0.4, 0.5) is 0 Å². The van der Waals surface area contributed by atoms with Crippen LogP contribution in [0, 0.1) is 0 Å². The summed E-state index contributed by atoms with van der Waals surface area (Å²) >= 11 is 0. The molecule has 0 aromatic heterocycles. The van der Waals surface area contributed by atoms with Crippen LogP contribution in [0.3, 0.4) is 0 Å². The largest absolute Gasteiger partial charge is 0.497 e. The number of aliphatic hydroxyl groups excluding tert-OH is 1. The molecule has 3 heteroatoms. The number of nitrogens with zero attached hydrogens (tertiary/aromatic N) is 1. The normalized spacial score (nSPS) is 21.4. The first kappa shape index (κ1) is 12.4. The predicted molar refractivity (Wildman–Crippen MR) is 68.1 cm³/mol. The second-order valence-electron chi connectivity index (χ2n) is 4.61. The number of likely N-dealkylation sites (tertiary alicyclic amines) is 1. The molecule has 0 saturated carbocycles. The fraction of sp³-hybridized carbons (Fsp3) is 0.571. The highest BCUT2D eigenvalue weighted by molar-refractivity contribution is 5.28. The number of benzene rings is 1. The Bertz CT molecular complexity index is 354. The summed E-state index contributed by atoms with van der Waals surface area (Å²) in [6, 6.07) is 8.15. The van der Waals surface area contributed by atoms with E-state index >= 15 is 0 Å². The third-order valence-corrected chi connectivity index (χ3v) is 3.40. The molecule has 1 unspecified atom stereocenters. The predicted octanol–water partition coefficient (Wildman–Crippen LogP) is 2.04. The van der Waals surface area contributed by atoms with Crippen LogP contribution in [0.5, 0.6) is 5.75 Å². The van der Waals surface area contributed by atoms with Crippen LogP contribution in [-0.4, -0.2) is 36.4 Å². The summed E-state index contributed by atoms with van der Waals surface area (Å²) in [5, 5.41) is 9.85. The van der Waals surface area contributed by atoms with Crippen LogP contribution in [0.2, 0.25) is 0 Å². The first-order valence-corrected chi connectivity index (χ1v) is 6.34. The van der Waals surface area contributed by atoms with E-state index in [1.165, 1.54) is 12.0 Å². The molecule has 1 aliphatic heterocycles. The third kappa shape index (κ3) is 3.45. The average Bonchev–Trinajstić information content (AvgIpc) is 2.38. The minimum Gasteiger partial charge on any atom is -0.497 e. The van der Waals surface area contributed by atoms with Gasteiger partial charge >= 0.3 is 0 Å². The van der Waals surface area contributed by atoms with Gasteiger partial charge in [0.05, 0.1) is 7.11 Å². The maximum atomic E-state index is 9.85.